The molecular weight excluding hydrogens is 442 g/mol. The predicted molar refractivity (Wildman–Crippen MR) is 112 cm³/mol. The Bertz CT molecular complexity index is 1040. The van der Waals surface area contributed by atoms with E-state index in [4.69, 9.17) is 4.74 Å². The van der Waals surface area contributed by atoms with Crippen molar-refractivity contribution in [2.75, 3.05) is 23.0 Å². The van der Waals surface area contributed by atoms with E-state index < -0.39 is 0 Å². The van der Waals surface area contributed by atoms with Crippen LogP contribution in [0.25, 0.3) is 0 Å². The number of anilines is 3. The average Bonchev–Trinajstić information content (AvgIpc) is 3.11. The Morgan fingerprint density at radius 2 is 2.07 bits per heavy atom. The number of para-hydroxylation sites is 1. The Labute approximate surface area is 174 Å². The molecular formula is C20H16BrN3O3S. The first-order valence-electron chi connectivity index (χ1n) is 8.56. The highest BCUT2D eigenvalue weighted by Gasteiger charge is 2.30. The van der Waals surface area contributed by atoms with Crippen LogP contribution in [0.2, 0.25) is 0 Å². The number of hydrogen-bond donors (Lipinski definition) is 0. The number of aryl methyl sites for hydroxylation is 1. The third kappa shape index (κ3) is 3.65. The first-order valence-corrected chi connectivity index (χ1v) is 10.2. The van der Waals surface area contributed by atoms with E-state index in [0.29, 0.717) is 22.3 Å². The molecule has 28 heavy (non-hydrogen) atoms. The van der Waals surface area contributed by atoms with Crippen molar-refractivity contribution in [3.8, 4) is 5.75 Å². The maximum atomic E-state index is 13.3. The predicted octanol–water partition coefficient (Wildman–Crippen LogP) is 4.30. The second-order valence-electron chi connectivity index (χ2n) is 6.22. The molecule has 0 fully saturated rings. The standard InChI is InChI=1S/C20H16BrN3O3S/c1-13-12-28-20(22-13)24(15-5-3-2-4-6-15)18(25)10-23-16-8-7-14(21)9-17(16)27-11-19(23)26/h2-9,12H,10-11H2,1H3. The lowest BCUT2D eigenvalue weighted by Crippen LogP contribution is -2.45. The second kappa shape index (κ2) is 7.73. The highest BCUT2D eigenvalue weighted by molar-refractivity contribution is 9.10. The van der Waals surface area contributed by atoms with Gasteiger partial charge in [0, 0.05) is 9.85 Å². The van der Waals surface area contributed by atoms with E-state index in [-0.39, 0.29) is 25.0 Å². The van der Waals surface area contributed by atoms with Gasteiger partial charge >= 0.3 is 0 Å². The number of halogens is 1. The molecule has 0 bridgehead atoms. The number of carbonyl (C=O) groups is 2. The summed E-state index contributed by atoms with van der Waals surface area (Å²) in [7, 11) is 0. The van der Waals surface area contributed by atoms with Gasteiger partial charge in [0.05, 0.1) is 17.1 Å². The zero-order valence-corrected chi connectivity index (χ0v) is 17.4. The summed E-state index contributed by atoms with van der Waals surface area (Å²) in [5.41, 5.74) is 2.13. The summed E-state index contributed by atoms with van der Waals surface area (Å²) < 4.78 is 6.35. The van der Waals surface area contributed by atoms with Gasteiger partial charge in [-0.25, -0.2) is 4.98 Å². The number of carbonyl (C=O) groups excluding carboxylic acids is 2. The second-order valence-corrected chi connectivity index (χ2v) is 7.97. The molecule has 0 unspecified atom stereocenters. The van der Waals surface area contributed by atoms with Crippen LogP contribution in [0.15, 0.2) is 58.4 Å². The molecule has 4 rings (SSSR count). The van der Waals surface area contributed by atoms with Crippen LogP contribution in [-0.4, -0.2) is 29.9 Å². The van der Waals surface area contributed by atoms with Gasteiger partial charge in [0.25, 0.3) is 11.8 Å². The molecule has 1 aliphatic heterocycles. The fourth-order valence-electron chi connectivity index (χ4n) is 2.94. The number of thiazole rings is 1. The Balaban J connectivity index is 1.68. The van der Waals surface area contributed by atoms with Crippen LogP contribution in [0.5, 0.6) is 5.75 Å². The Kier molecular flexibility index (Phi) is 5.15. The molecule has 3 aromatic rings. The number of ether oxygens (including phenoxy) is 1. The highest BCUT2D eigenvalue weighted by Crippen LogP contribution is 2.35. The van der Waals surface area contributed by atoms with E-state index in [1.165, 1.54) is 16.2 Å². The minimum atomic E-state index is -0.258. The topological polar surface area (TPSA) is 62.7 Å². The monoisotopic (exact) mass is 457 g/mol. The molecule has 0 atom stereocenters. The van der Waals surface area contributed by atoms with Gasteiger partial charge in [-0.1, -0.05) is 34.1 Å². The van der Waals surface area contributed by atoms with E-state index in [1.54, 1.807) is 17.0 Å². The molecule has 142 valence electrons. The van der Waals surface area contributed by atoms with E-state index in [0.717, 1.165) is 10.2 Å². The maximum absolute atomic E-state index is 13.3. The van der Waals surface area contributed by atoms with Gasteiger partial charge in [-0.3, -0.25) is 19.4 Å². The molecule has 1 aromatic heterocycles. The van der Waals surface area contributed by atoms with E-state index >= 15 is 0 Å². The highest BCUT2D eigenvalue weighted by atomic mass is 79.9. The molecule has 0 N–H and O–H groups in total. The number of benzene rings is 2. The number of fused-ring (bicyclic) bond motifs is 1. The maximum Gasteiger partial charge on any atom is 0.265 e. The molecule has 0 aliphatic carbocycles. The Morgan fingerprint density at radius 3 is 2.79 bits per heavy atom. The van der Waals surface area contributed by atoms with Crippen LogP contribution >= 0.6 is 27.3 Å². The number of hydrogen-bond acceptors (Lipinski definition) is 5. The van der Waals surface area contributed by atoms with Gasteiger partial charge in [0.2, 0.25) is 0 Å². The Hall–Kier alpha value is -2.71. The lowest BCUT2D eigenvalue weighted by molar-refractivity contribution is -0.124. The fourth-order valence-corrected chi connectivity index (χ4v) is 4.12. The van der Waals surface area contributed by atoms with E-state index in [9.17, 15) is 9.59 Å². The lowest BCUT2D eigenvalue weighted by Gasteiger charge is -2.30. The zero-order valence-electron chi connectivity index (χ0n) is 15.0. The molecule has 6 nitrogen and oxygen atoms in total. The third-order valence-corrected chi connectivity index (χ3v) is 5.66. The smallest absolute Gasteiger partial charge is 0.265 e. The molecule has 2 amide bonds. The largest absolute Gasteiger partial charge is 0.482 e. The summed E-state index contributed by atoms with van der Waals surface area (Å²) in [6.45, 7) is 1.68. The Morgan fingerprint density at radius 1 is 1.29 bits per heavy atom. The first kappa shape index (κ1) is 18.6. The summed E-state index contributed by atoms with van der Waals surface area (Å²) in [4.78, 5) is 33.3. The van der Waals surface area contributed by atoms with Crippen molar-refractivity contribution in [2.45, 2.75) is 6.92 Å². The molecule has 1 aliphatic rings. The normalized spacial score (nSPS) is 13.1. The third-order valence-electron chi connectivity index (χ3n) is 4.22. The molecule has 0 spiro atoms. The van der Waals surface area contributed by atoms with Crippen LogP contribution in [0.3, 0.4) is 0 Å². The quantitative estimate of drug-likeness (QED) is 0.585. The molecule has 0 saturated heterocycles. The summed E-state index contributed by atoms with van der Waals surface area (Å²) in [5.74, 6) is 0.0642. The minimum absolute atomic E-state index is 0.0988. The van der Waals surface area contributed by atoms with Crippen LogP contribution in [0, 0.1) is 6.92 Å². The van der Waals surface area contributed by atoms with Gasteiger partial charge in [-0.2, -0.15) is 0 Å². The van der Waals surface area contributed by atoms with Crippen molar-refractivity contribution < 1.29 is 14.3 Å². The van der Waals surface area contributed by atoms with Crippen LogP contribution in [-0.2, 0) is 9.59 Å². The molecule has 8 heteroatoms. The van der Waals surface area contributed by atoms with Gasteiger partial charge in [-0.05, 0) is 37.3 Å². The van der Waals surface area contributed by atoms with Gasteiger partial charge < -0.3 is 4.74 Å². The summed E-state index contributed by atoms with van der Waals surface area (Å²) in [5, 5.41) is 2.47. The van der Waals surface area contributed by atoms with Gasteiger partial charge in [0.1, 0.15) is 12.3 Å². The number of amides is 2. The molecule has 2 aromatic carbocycles. The van der Waals surface area contributed by atoms with Crippen molar-refractivity contribution in [3.05, 3.63) is 64.1 Å². The molecule has 0 radical (unpaired) electrons. The number of rotatable bonds is 4. The van der Waals surface area contributed by atoms with E-state index in [1.807, 2.05) is 48.7 Å². The zero-order chi connectivity index (χ0) is 19.7. The lowest BCUT2D eigenvalue weighted by atomic mass is 10.2. The number of aromatic nitrogens is 1. The first-order chi connectivity index (χ1) is 13.5. The van der Waals surface area contributed by atoms with E-state index in [2.05, 4.69) is 20.9 Å². The summed E-state index contributed by atoms with van der Waals surface area (Å²) >= 11 is 4.79. The fraction of sp³-hybridized carbons (Fsp3) is 0.150. The van der Waals surface area contributed by atoms with Crippen LogP contribution < -0.4 is 14.5 Å². The summed E-state index contributed by atoms with van der Waals surface area (Å²) in [6.07, 6.45) is 0. The van der Waals surface area contributed by atoms with Crippen molar-refractivity contribution in [1.82, 2.24) is 4.98 Å². The SMILES string of the molecule is Cc1csc(N(C(=O)CN2C(=O)COc3cc(Br)ccc32)c2ccccc2)n1. The van der Waals surface area contributed by atoms with Gasteiger partial charge in [0.15, 0.2) is 11.7 Å². The van der Waals surface area contributed by atoms with Crippen molar-refractivity contribution >= 4 is 55.6 Å². The van der Waals surface area contributed by atoms with Crippen molar-refractivity contribution in [3.63, 3.8) is 0 Å². The van der Waals surface area contributed by atoms with Crippen LogP contribution in [0.1, 0.15) is 5.69 Å². The molecule has 2 heterocycles. The van der Waals surface area contributed by atoms with Gasteiger partial charge in [-0.15, -0.1) is 11.3 Å². The van der Waals surface area contributed by atoms with Crippen molar-refractivity contribution in [2.24, 2.45) is 0 Å². The van der Waals surface area contributed by atoms with Crippen LogP contribution in [0.4, 0.5) is 16.5 Å². The van der Waals surface area contributed by atoms with Crippen molar-refractivity contribution in [1.29, 1.82) is 0 Å². The average molecular weight is 458 g/mol. The summed E-state index contributed by atoms with van der Waals surface area (Å²) in [6, 6.07) is 14.7. The number of nitrogens with zero attached hydrogens (tertiary/aromatic N) is 3. The molecule has 0 saturated carbocycles. The minimum Gasteiger partial charge on any atom is -0.482 e.